The minimum absolute atomic E-state index is 0.0832. The number of carbonyl (C=O) groups excluding carboxylic acids is 1. The number of aromatic nitrogens is 5. The summed E-state index contributed by atoms with van der Waals surface area (Å²) in [6.07, 6.45) is -4.44. The molecule has 1 atom stereocenters. The van der Waals surface area contributed by atoms with E-state index in [0.29, 0.717) is 17.7 Å². The number of hydrogen-bond acceptors (Lipinski definition) is 6. The van der Waals surface area contributed by atoms with Crippen LogP contribution in [0.25, 0.3) is 0 Å². The van der Waals surface area contributed by atoms with E-state index in [-0.39, 0.29) is 11.1 Å². The summed E-state index contributed by atoms with van der Waals surface area (Å²) in [6.45, 7) is -1.01. The summed E-state index contributed by atoms with van der Waals surface area (Å²) in [7, 11) is 0. The highest BCUT2D eigenvalue weighted by Gasteiger charge is 2.58. The van der Waals surface area contributed by atoms with Gasteiger partial charge < -0.3 is 5.11 Å². The second-order valence-corrected chi connectivity index (χ2v) is 8.86. The maximum atomic E-state index is 15.8. The Kier molecular flexibility index (Phi) is 8.20. The minimum Gasteiger partial charge on any atom is -0.377 e. The highest BCUT2D eigenvalue weighted by atomic mass is 19.4. The SMILES string of the molecule is O=C(CCC(F)(F)F)c1ccc(C#Cc2ccc(C(F)(F)C(O)(Cn3cnnn3)c3ccc(F)cc3F)nc2)cc1. The lowest BCUT2D eigenvalue weighted by Crippen LogP contribution is -2.48. The molecule has 0 aliphatic carbocycles. The number of ketones is 1. The van der Waals surface area contributed by atoms with Crippen molar-refractivity contribution in [3.8, 4) is 11.8 Å². The van der Waals surface area contributed by atoms with Crippen LogP contribution in [-0.2, 0) is 18.1 Å². The number of Topliss-reactive ketones (excluding diaryl/α,β-unsaturated/α-hetero) is 1. The molecule has 7 nitrogen and oxygen atoms in total. The van der Waals surface area contributed by atoms with Crippen molar-refractivity contribution in [1.29, 1.82) is 0 Å². The Morgan fingerprint density at radius 2 is 1.61 bits per heavy atom. The van der Waals surface area contributed by atoms with Crippen molar-refractivity contribution in [3.05, 3.63) is 107 Å². The van der Waals surface area contributed by atoms with E-state index in [9.17, 15) is 31.9 Å². The van der Waals surface area contributed by atoms with Crippen LogP contribution in [0.2, 0.25) is 0 Å². The maximum absolute atomic E-state index is 15.8. The average molecular weight is 577 g/mol. The standard InChI is InChI=1S/C27H18F7N5O2/c28-20-8-9-21(22(29)13-20)25(41,15-39-16-36-37-38-39)27(33,34)24-10-5-18(14-35-24)2-1-17-3-6-19(7-4-17)23(40)11-12-26(30,31)32/h3-10,13-14,16,41H,11-12,15H2. The van der Waals surface area contributed by atoms with Crippen molar-refractivity contribution in [2.24, 2.45) is 0 Å². The Bertz CT molecular complexity index is 1580. The van der Waals surface area contributed by atoms with E-state index in [2.05, 4.69) is 32.4 Å². The largest absolute Gasteiger partial charge is 0.389 e. The summed E-state index contributed by atoms with van der Waals surface area (Å²) in [5.41, 5.74) is -4.52. The molecule has 0 aliphatic heterocycles. The third-order valence-electron chi connectivity index (χ3n) is 5.96. The van der Waals surface area contributed by atoms with E-state index in [1.54, 1.807) is 0 Å². The zero-order valence-electron chi connectivity index (χ0n) is 20.7. The molecule has 41 heavy (non-hydrogen) atoms. The Labute approximate surface area is 227 Å². The van der Waals surface area contributed by atoms with Gasteiger partial charge in [-0.15, -0.1) is 5.10 Å². The van der Waals surface area contributed by atoms with Gasteiger partial charge in [0, 0.05) is 40.9 Å². The molecule has 1 N–H and O–H groups in total. The van der Waals surface area contributed by atoms with E-state index >= 15 is 8.78 Å². The summed E-state index contributed by atoms with van der Waals surface area (Å²) in [6, 6.07) is 9.30. The topological polar surface area (TPSA) is 93.8 Å². The van der Waals surface area contributed by atoms with E-state index in [1.165, 1.54) is 30.3 Å². The molecule has 2 aromatic carbocycles. The Hall–Kier alpha value is -4.64. The first-order chi connectivity index (χ1) is 19.3. The maximum Gasteiger partial charge on any atom is 0.389 e. The summed E-state index contributed by atoms with van der Waals surface area (Å²) in [4.78, 5) is 15.6. The van der Waals surface area contributed by atoms with Crippen LogP contribution in [0.5, 0.6) is 0 Å². The lowest BCUT2D eigenvalue weighted by Gasteiger charge is -2.35. The lowest BCUT2D eigenvalue weighted by atomic mass is 9.84. The van der Waals surface area contributed by atoms with Crippen LogP contribution in [0.15, 0.2) is 67.1 Å². The van der Waals surface area contributed by atoms with Gasteiger partial charge in [-0.2, -0.15) is 22.0 Å². The van der Waals surface area contributed by atoms with Crippen LogP contribution < -0.4 is 0 Å². The third kappa shape index (κ3) is 6.75. The molecule has 2 heterocycles. The quantitative estimate of drug-likeness (QED) is 0.181. The van der Waals surface area contributed by atoms with E-state index in [4.69, 9.17) is 0 Å². The molecule has 14 heteroatoms. The second-order valence-electron chi connectivity index (χ2n) is 8.86. The van der Waals surface area contributed by atoms with Crippen LogP contribution in [0.4, 0.5) is 30.7 Å². The number of pyridine rings is 1. The fourth-order valence-electron chi connectivity index (χ4n) is 3.81. The zero-order chi connectivity index (χ0) is 29.8. The molecule has 0 radical (unpaired) electrons. The summed E-state index contributed by atoms with van der Waals surface area (Å²) in [5, 5.41) is 21.3. The number of rotatable bonds is 8. The fraction of sp³-hybridized carbons (Fsp3) is 0.222. The van der Waals surface area contributed by atoms with Gasteiger partial charge in [0.15, 0.2) is 11.4 Å². The van der Waals surface area contributed by atoms with Gasteiger partial charge in [0.2, 0.25) is 0 Å². The molecule has 4 aromatic rings. The first kappa shape index (κ1) is 29.3. The second kappa shape index (κ2) is 11.5. The number of carbonyl (C=O) groups is 1. The summed E-state index contributed by atoms with van der Waals surface area (Å²) >= 11 is 0. The van der Waals surface area contributed by atoms with Crippen LogP contribution in [0, 0.1) is 23.5 Å². The Morgan fingerprint density at radius 1 is 0.927 bits per heavy atom. The van der Waals surface area contributed by atoms with Crippen molar-refractivity contribution in [2.45, 2.75) is 37.1 Å². The molecule has 0 saturated heterocycles. The minimum atomic E-state index is -4.45. The van der Waals surface area contributed by atoms with Crippen molar-refractivity contribution >= 4 is 5.78 Å². The monoisotopic (exact) mass is 577 g/mol. The third-order valence-corrected chi connectivity index (χ3v) is 5.96. The first-order valence-corrected chi connectivity index (χ1v) is 11.7. The Balaban J connectivity index is 1.56. The number of halogens is 7. The van der Waals surface area contributed by atoms with Crippen LogP contribution >= 0.6 is 0 Å². The van der Waals surface area contributed by atoms with Gasteiger partial charge in [-0.05, 0) is 46.8 Å². The Morgan fingerprint density at radius 3 is 2.20 bits per heavy atom. The highest BCUT2D eigenvalue weighted by Crippen LogP contribution is 2.46. The van der Waals surface area contributed by atoms with E-state index in [0.717, 1.165) is 29.3 Å². The molecule has 0 spiro atoms. The molecule has 0 bridgehead atoms. The lowest BCUT2D eigenvalue weighted by molar-refractivity contribution is -0.207. The predicted molar refractivity (Wildman–Crippen MR) is 128 cm³/mol. The van der Waals surface area contributed by atoms with Gasteiger partial charge in [-0.25, -0.2) is 13.5 Å². The number of tetrazole rings is 1. The van der Waals surface area contributed by atoms with Crippen molar-refractivity contribution in [2.75, 3.05) is 0 Å². The van der Waals surface area contributed by atoms with Gasteiger partial charge in [0.05, 0.1) is 13.0 Å². The predicted octanol–water partition coefficient (Wildman–Crippen LogP) is 4.95. The number of benzene rings is 2. The molecular weight excluding hydrogens is 559 g/mol. The van der Waals surface area contributed by atoms with Gasteiger partial charge >= 0.3 is 12.1 Å². The molecule has 4 rings (SSSR count). The summed E-state index contributed by atoms with van der Waals surface area (Å²) in [5.74, 6) is -1.99. The molecule has 2 aromatic heterocycles. The van der Waals surface area contributed by atoms with Crippen LogP contribution in [-0.4, -0.2) is 42.3 Å². The van der Waals surface area contributed by atoms with Crippen LogP contribution in [0.3, 0.4) is 0 Å². The van der Waals surface area contributed by atoms with Crippen molar-refractivity contribution in [3.63, 3.8) is 0 Å². The van der Waals surface area contributed by atoms with E-state index in [1.807, 2.05) is 0 Å². The fourth-order valence-corrected chi connectivity index (χ4v) is 3.81. The van der Waals surface area contributed by atoms with E-state index < -0.39 is 65.8 Å². The molecule has 0 saturated carbocycles. The number of hydrogen-bond donors (Lipinski definition) is 1. The first-order valence-electron chi connectivity index (χ1n) is 11.7. The average Bonchev–Trinajstić information content (AvgIpc) is 3.43. The van der Waals surface area contributed by atoms with Gasteiger partial charge in [0.1, 0.15) is 23.7 Å². The van der Waals surface area contributed by atoms with Crippen molar-refractivity contribution in [1.82, 2.24) is 25.2 Å². The summed E-state index contributed by atoms with van der Waals surface area (Å²) < 4.78 is 97.4. The zero-order valence-corrected chi connectivity index (χ0v) is 20.7. The van der Waals surface area contributed by atoms with Crippen LogP contribution in [0.1, 0.15) is 45.6 Å². The highest BCUT2D eigenvalue weighted by molar-refractivity contribution is 5.96. The molecule has 0 fully saturated rings. The smallest absolute Gasteiger partial charge is 0.377 e. The number of alkyl halides is 5. The molecule has 212 valence electrons. The molecule has 0 aliphatic rings. The number of nitrogens with zero attached hydrogens (tertiary/aromatic N) is 5. The van der Waals surface area contributed by atoms with Crippen molar-refractivity contribution < 1.29 is 40.6 Å². The van der Waals surface area contributed by atoms with Gasteiger partial charge in [-0.1, -0.05) is 24.0 Å². The molecule has 0 amide bonds. The van der Waals surface area contributed by atoms with Gasteiger partial charge in [-0.3, -0.25) is 9.78 Å². The van der Waals surface area contributed by atoms with Gasteiger partial charge in [0.25, 0.3) is 0 Å². The molecular formula is C27H18F7N5O2. The molecule has 1 unspecified atom stereocenters. The normalized spacial score (nSPS) is 13.3. The number of aliphatic hydroxyl groups is 1.